The predicted octanol–water partition coefficient (Wildman–Crippen LogP) is 6.22. The Labute approximate surface area is 228 Å². The summed E-state index contributed by atoms with van der Waals surface area (Å²) >= 11 is 9.04. The zero-order valence-corrected chi connectivity index (χ0v) is 22.6. The zero-order chi connectivity index (χ0) is 25.8. The van der Waals surface area contributed by atoms with Crippen LogP contribution in [-0.4, -0.2) is 31.7 Å². The fourth-order valence-electron chi connectivity index (χ4n) is 3.93. The van der Waals surface area contributed by atoms with Crippen LogP contribution >= 0.6 is 28.1 Å². The van der Waals surface area contributed by atoms with Crippen LogP contribution in [-0.2, 0) is 13.6 Å². The summed E-state index contributed by atoms with van der Waals surface area (Å²) in [7, 11) is 3.61. The second kappa shape index (κ2) is 10.9. The lowest BCUT2D eigenvalue weighted by molar-refractivity contribution is 0.417. The molecule has 2 aromatic carbocycles. The van der Waals surface area contributed by atoms with Crippen molar-refractivity contribution in [3.05, 3.63) is 89.3 Å². The molecule has 0 saturated carbocycles. The summed E-state index contributed by atoms with van der Waals surface area (Å²) < 4.78 is 8.36. The Balaban J connectivity index is 1.39. The molecule has 0 radical (unpaired) electrons. The van der Waals surface area contributed by atoms with Gasteiger partial charge in [-0.1, -0.05) is 34.1 Å². The van der Waals surface area contributed by atoms with Gasteiger partial charge in [0.25, 0.3) is 0 Å². The lowest BCUT2D eigenvalue weighted by atomic mass is 10.2. The normalized spacial score (nSPS) is 10.8. The van der Waals surface area contributed by atoms with Gasteiger partial charge in [0.1, 0.15) is 11.3 Å². The van der Waals surface area contributed by atoms with Crippen molar-refractivity contribution in [1.82, 2.24) is 19.5 Å². The van der Waals surface area contributed by atoms with Crippen molar-refractivity contribution in [3.63, 3.8) is 0 Å². The van der Waals surface area contributed by atoms with Crippen LogP contribution < -0.4 is 20.7 Å². The molecule has 5 rings (SSSR count). The van der Waals surface area contributed by atoms with E-state index in [2.05, 4.69) is 36.9 Å². The number of hydrogen-bond acceptors (Lipinski definition) is 6. The SMILES string of the molecule is COc1ccc(Br)cc1NC(=S)Nc1cccc(-c2nc(NCc3cccnc3)c3c(ccn3C)n2)c1. The lowest BCUT2D eigenvalue weighted by Gasteiger charge is -2.14. The number of hydrogen-bond donors (Lipinski definition) is 3. The van der Waals surface area contributed by atoms with Gasteiger partial charge in [0.2, 0.25) is 0 Å². The Hall–Kier alpha value is -4.02. The molecule has 0 amide bonds. The summed E-state index contributed by atoms with van der Waals surface area (Å²) in [5.74, 6) is 2.06. The number of nitrogens with zero attached hydrogens (tertiary/aromatic N) is 4. The van der Waals surface area contributed by atoms with Crippen LogP contribution in [0.3, 0.4) is 0 Å². The van der Waals surface area contributed by atoms with E-state index in [1.807, 2.05) is 84.7 Å². The molecule has 37 heavy (non-hydrogen) atoms. The molecule has 0 bridgehead atoms. The van der Waals surface area contributed by atoms with Crippen molar-refractivity contribution in [3.8, 4) is 17.1 Å². The Bertz CT molecular complexity index is 1570. The van der Waals surface area contributed by atoms with Gasteiger partial charge in [0.15, 0.2) is 16.8 Å². The van der Waals surface area contributed by atoms with Gasteiger partial charge in [-0.25, -0.2) is 9.97 Å². The molecular formula is C27H24BrN7OS. The maximum absolute atomic E-state index is 5.55. The van der Waals surface area contributed by atoms with Crippen LogP contribution in [0.1, 0.15) is 5.56 Å². The Morgan fingerprint density at radius 2 is 1.95 bits per heavy atom. The highest BCUT2D eigenvalue weighted by molar-refractivity contribution is 9.10. The molecule has 3 heterocycles. The summed E-state index contributed by atoms with van der Waals surface area (Å²) in [5.41, 5.74) is 5.30. The molecule has 0 aliphatic heterocycles. The molecule has 0 saturated heterocycles. The number of aryl methyl sites for hydroxylation is 1. The van der Waals surface area contributed by atoms with Gasteiger partial charge in [-0.3, -0.25) is 4.98 Å². The number of aromatic nitrogens is 4. The van der Waals surface area contributed by atoms with E-state index >= 15 is 0 Å². The fourth-order valence-corrected chi connectivity index (χ4v) is 4.52. The first-order valence-corrected chi connectivity index (χ1v) is 12.7. The number of fused-ring (bicyclic) bond motifs is 1. The Kier molecular flexibility index (Phi) is 7.29. The highest BCUT2D eigenvalue weighted by Gasteiger charge is 2.13. The maximum Gasteiger partial charge on any atom is 0.175 e. The number of ether oxygens (including phenoxy) is 1. The number of methoxy groups -OCH3 is 1. The van der Waals surface area contributed by atoms with E-state index < -0.39 is 0 Å². The van der Waals surface area contributed by atoms with Crippen LogP contribution in [0.4, 0.5) is 17.2 Å². The molecule has 0 atom stereocenters. The molecular weight excluding hydrogens is 550 g/mol. The van der Waals surface area contributed by atoms with Gasteiger partial charge in [-0.2, -0.15) is 0 Å². The number of anilines is 3. The lowest BCUT2D eigenvalue weighted by Crippen LogP contribution is -2.19. The number of rotatable bonds is 7. The number of thiocarbonyl (C=S) groups is 1. The molecule has 8 nitrogen and oxygen atoms in total. The molecule has 3 aromatic heterocycles. The van der Waals surface area contributed by atoms with Crippen molar-refractivity contribution in [2.45, 2.75) is 6.54 Å². The summed E-state index contributed by atoms with van der Waals surface area (Å²) in [6.45, 7) is 0.602. The minimum atomic E-state index is 0.437. The van der Waals surface area contributed by atoms with Gasteiger partial charge in [-0.15, -0.1) is 0 Å². The smallest absolute Gasteiger partial charge is 0.175 e. The van der Waals surface area contributed by atoms with E-state index in [4.69, 9.17) is 26.9 Å². The molecule has 186 valence electrons. The Morgan fingerprint density at radius 1 is 1.05 bits per heavy atom. The monoisotopic (exact) mass is 573 g/mol. The minimum absolute atomic E-state index is 0.437. The van der Waals surface area contributed by atoms with Crippen molar-refractivity contribution in [2.75, 3.05) is 23.1 Å². The molecule has 0 aliphatic rings. The van der Waals surface area contributed by atoms with Gasteiger partial charge in [0, 0.05) is 47.9 Å². The average molecular weight is 575 g/mol. The zero-order valence-electron chi connectivity index (χ0n) is 20.2. The van der Waals surface area contributed by atoms with Crippen LogP contribution in [0.2, 0.25) is 0 Å². The van der Waals surface area contributed by atoms with Crippen molar-refractivity contribution in [1.29, 1.82) is 0 Å². The van der Waals surface area contributed by atoms with Gasteiger partial charge >= 0.3 is 0 Å². The van der Waals surface area contributed by atoms with Gasteiger partial charge < -0.3 is 25.3 Å². The first-order valence-electron chi connectivity index (χ1n) is 11.5. The summed E-state index contributed by atoms with van der Waals surface area (Å²) in [6, 6.07) is 19.5. The second-order valence-electron chi connectivity index (χ2n) is 8.28. The van der Waals surface area contributed by atoms with E-state index in [0.29, 0.717) is 23.2 Å². The largest absolute Gasteiger partial charge is 0.495 e. The molecule has 0 fully saturated rings. The van der Waals surface area contributed by atoms with Crippen LogP contribution in [0.5, 0.6) is 5.75 Å². The standard InChI is InChI=1S/C27H24BrN7OS/c1-35-12-10-21-24(35)26(30-16-17-5-4-11-29-15-17)34-25(32-21)18-6-3-7-20(13-18)31-27(37)33-22-14-19(28)8-9-23(22)36-2/h3-15H,16H2,1-2H3,(H,30,32,34)(H2,31,33,37). The summed E-state index contributed by atoms with van der Waals surface area (Å²) in [5, 5.41) is 10.3. The number of nitrogens with one attached hydrogen (secondary N) is 3. The first-order chi connectivity index (χ1) is 18.0. The molecule has 0 unspecified atom stereocenters. The molecule has 5 aromatic rings. The van der Waals surface area contributed by atoms with Crippen LogP contribution in [0.15, 0.2) is 83.7 Å². The molecule has 3 N–H and O–H groups in total. The first kappa shape index (κ1) is 24.7. The van der Waals surface area contributed by atoms with E-state index in [1.54, 1.807) is 13.3 Å². The van der Waals surface area contributed by atoms with Gasteiger partial charge in [0.05, 0.1) is 18.3 Å². The molecule has 0 aliphatic carbocycles. The second-order valence-corrected chi connectivity index (χ2v) is 9.60. The number of benzene rings is 2. The molecule has 0 spiro atoms. The third-order valence-corrected chi connectivity index (χ3v) is 6.39. The predicted molar refractivity (Wildman–Crippen MR) is 156 cm³/mol. The van der Waals surface area contributed by atoms with Crippen LogP contribution in [0, 0.1) is 0 Å². The number of halogens is 1. The highest BCUT2D eigenvalue weighted by atomic mass is 79.9. The number of pyridine rings is 1. The highest BCUT2D eigenvalue weighted by Crippen LogP contribution is 2.29. The van der Waals surface area contributed by atoms with Crippen molar-refractivity contribution < 1.29 is 4.74 Å². The van der Waals surface area contributed by atoms with E-state index in [0.717, 1.165) is 43.8 Å². The average Bonchev–Trinajstić information content (AvgIpc) is 3.29. The minimum Gasteiger partial charge on any atom is -0.495 e. The third kappa shape index (κ3) is 5.71. The summed E-state index contributed by atoms with van der Waals surface area (Å²) in [6.07, 6.45) is 5.59. The van der Waals surface area contributed by atoms with Crippen molar-refractivity contribution in [2.24, 2.45) is 7.05 Å². The quantitative estimate of drug-likeness (QED) is 0.198. The van der Waals surface area contributed by atoms with E-state index in [1.165, 1.54) is 0 Å². The van der Waals surface area contributed by atoms with E-state index in [-0.39, 0.29) is 0 Å². The van der Waals surface area contributed by atoms with Crippen molar-refractivity contribution >= 4 is 61.5 Å². The Morgan fingerprint density at radius 3 is 2.76 bits per heavy atom. The third-order valence-electron chi connectivity index (χ3n) is 5.69. The fraction of sp³-hybridized carbons (Fsp3) is 0.111. The topological polar surface area (TPSA) is 88.9 Å². The van der Waals surface area contributed by atoms with Gasteiger partial charge in [-0.05, 0) is 60.2 Å². The maximum atomic E-state index is 5.55. The summed E-state index contributed by atoms with van der Waals surface area (Å²) in [4.78, 5) is 13.9. The van der Waals surface area contributed by atoms with E-state index in [9.17, 15) is 0 Å². The molecule has 10 heteroatoms. The van der Waals surface area contributed by atoms with Crippen LogP contribution in [0.25, 0.3) is 22.4 Å².